The van der Waals surface area contributed by atoms with Gasteiger partial charge in [0.25, 0.3) is 0 Å². The Bertz CT molecular complexity index is 740. The van der Waals surface area contributed by atoms with Crippen molar-refractivity contribution in [2.24, 2.45) is 7.05 Å². The van der Waals surface area contributed by atoms with Crippen LogP contribution in [0.1, 0.15) is 23.2 Å². The molecule has 2 aromatic heterocycles. The number of hydrogen-bond acceptors (Lipinski definition) is 5. The molecule has 6 nitrogen and oxygen atoms in total. The van der Waals surface area contributed by atoms with Crippen LogP contribution < -0.4 is 5.69 Å². The summed E-state index contributed by atoms with van der Waals surface area (Å²) in [5.74, 6) is 0. The largest absolute Gasteiger partial charge is 0.343 e. The molecule has 0 saturated carbocycles. The van der Waals surface area contributed by atoms with Crippen LogP contribution in [0.2, 0.25) is 0 Å². The normalized spacial score (nSPS) is 13.3. The summed E-state index contributed by atoms with van der Waals surface area (Å²) in [7, 11) is 1.63. The molecule has 0 atom stereocenters. The van der Waals surface area contributed by atoms with E-state index in [-0.39, 0.29) is 5.69 Å². The molecule has 1 aliphatic rings. The fourth-order valence-electron chi connectivity index (χ4n) is 2.12. The average Bonchev–Trinajstić information content (AvgIpc) is 2.99. The fraction of sp³-hybridized carbons (Fsp3) is 0.333. The van der Waals surface area contributed by atoms with Gasteiger partial charge in [-0.05, 0) is 42.7 Å². The molecule has 0 radical (unpaired) electrons. The van der Waals surface area contributed by atoms with Gasteiger partial charge in [0.15, 0.2) is 5.16 Å². The predicted octanol–water partition coefficient (Wildman–Crippen LogP) is 1.01. The van der Waals surface area contributed by atoms with E-state index in [1.54, 1.807) is 7.05 Å². The van der Waals surface area contributed by atoms with E-state index >= 15 is 0 Å². The van der Waals surface area contributed by atoms with Gasteiger partial charge in [-0.1, -0.05) is 0 Å². The Morgan fingerprint density at radius 2 is 2.37 bits per heavy atom. The Morgan fingerprint density at radius 3 is 3.05 bits per heavy atom. The second kappa shape index (κ2) is 4.55. The summed E-state index contributed by atoms with van der Waals surface area (Å²) >= 11 is 1.24. The van der Waals surface area contributed by atoms with Crippen molar-refractivity contribution in [1.29, 1.82) is 5.26 Å². The fourth-order valence-corrected chi connectivity index (χ4v) is 2.98. The standard InChI is InChI=1S/C12H11N5OS/c1-17-11(18)15-16-12(17)19-10-8(6-13)5-7-3-2-4-9(7)14-10/h5H,2-4H2,1H3,(H,15,18). The first-order valence-corrected chi connectivity index (χ1v) is 6.73. The highest BCUT2D eigenvalue weighted by Crippen LogP contribution is 2.30. The lowest BCUT2D eigenvalue weighted by atomic mass is 10.2. The highest BCUT2D eigenvalue weighted by Gasteiger charge is 2.18. The number of pyridine rings is 1. The van der Waals surface area contributed by atoms with Crippen molar-refractivity contribution in [3.63, 3.8) is 0 Å². The average molecular weight is 273 g/mol. The Balaban J connectivity index is 2.03. The summed E-state index contributed by atoms with van der Waals surface area (Å²) in [6.45, 7) is 0. The van der Waals surface area contributed by atoms with Gasteiger partial charge in [0, 0.05) is 12.7 Å². The molecule has 0 spiro atoms. The highest BCUT2D eigenvalue weighted by atomic mass is 32.2. The van der Waals surface area contributed by atoms with E-state index in [1.165, 1.54) is 16.3 Å². The molecule has 2 heterocycles. The molecule has 3 rings (SSSR count). The highest BCUT2D eigenvalue weighted by molar-refractivity contribution is 7.99. The summed E-state index contributed by atoms with van der Waals surface area (Å²) < 4.78 is 1.40. The van der Waals surface area contributed by atoms with E-state index in [2.05, 4.69) is 21.3 Å². The number of nitrogens with one attached hydrogen (secondary N) is 1. The van der Waals surface area contributed by atoms with Crippen LogP contribution in [0.4, 0.5) is 0 Å². The van der Waals surface area contributed by atoms with Crippen molar-refractivity contribution in [3.8, 4) is 6.07 Å². The first kappa shape index (κ1) is 12.0. The summed E-state index contributed by atoms with van der Waals surface area (Å²) in [4.78, 5) is 15.9. The van der Waals surface area contributed by atoms with Crippen LogP contribution in [0.3, 0.4) is 0 Å². The maximum absolute atomic E-state index is 11.3. The van der Waals surface area contributed by atoms with Crippen molar-refractivity contribution in [2.75, 3.05) is 0 Å². The zero-order valence-electron chi connectivity index (χ0n) is 10.3. The molecular weight excluding hydrogens is 262 g/mol. The number of rotatable bonds is 2. The SMILES string of the molecule is Cn1c(Sc2nc3c(cc2C#N)CCC3)n[nH]c1=O. The zero-order chi connectivity index (χ0) is 13.4. The quantitative estimate of drug-likeness (QED) is 0.882. The van der Waals surface area contributed by atoms with Crippen LogP contribution in [0, 0.1) is 11.3 Å². The van der Waals surface area contributed by atoms with Gasteiger partial charge < -0.3 is 0 Å². The Hall–Kier alpha value is -2.07. The molecule has 0 unspecified atom stereocenters. The van der Waals surface area contributed by atoms with Gasteiger partial charge in [0.1, 0.15) is 11.1 Å². The summed E-state index contributed by atoms with van der Waals surface area (Å²) in [5, 5.41) is 16.6. The van der Waals surface area contributed by atoms with Crippen molar-refractivity contribution in [3.05, 3.63) is 33.4 Å². The van der Waals surface area contributed by atoms with E-state index in [1.807, 2.05) is 6.07 Å². The molecule has 0 saturated heterocycles. The molecule has 0 fully saturated rings. The number of aryl methyl sites for hydroxylation is 2. The molecule has 7 heteroatoms. The van der Waals surface area contributed by atoms with E-state index in [9.17, 15) is 10.1 Å². The minimum absolute atomic E-state index is 0.276. The number of nitrogens with zero attached hydrogens (tertiary/aromatic N) is 4. The van der Waals surface area contributed by atoms with Crippen molar-refractivity contribution < 1.29 is 0 Å². The third kappa shape index (κ3) is 2.04. The molecule has 0 amide bonds. The number of aromatic amines is 1. The van der Waals surface area contributed by atoms with Crippen molar-refractivity contribution >= 4 is 11.8 Å². The van der Waals surface area contributed by atoms with E-state index in [4.69, 9.17) is 0 Å². The van der Waals surface area contributed by atoms with Crippen LogP contribution in [0.25, 0.3) is 0 Å². The van der Waals surface area contributed by atoms with Gasteiger partial charge in [-0.15, -0.1) is 5.10 Å². The Kier molecular flexibility index (Phi) is 2.87. The topological polar surface area (TPSA) is 87.4 Å². The lowest BCUT2D eigenvalue weighted by Crippen LogP contribution is -2.12. The molecule has 19 heavy (non-hydrogen) atoms. The van der Waals surface area contributed by atoms with E-state index in [0.29, 0.717) is 15.7 Å². The smallest absolute Gasteiger partial charge is 0.273 e. The number of H-pyrrole nitrogens is 1. The van der Waals surface area contributed by atoms with Crippen LogP contribution in [-0.4, -0.2) is 19.7 Å². The molecule has 1 aliphatic carbocycles. The van der Waals surface area contributed by atoms with Crippen molar-refractivity contribution in [2.45, 2.75) is 29.4 Å². The van der Waals surface area contributed by atoms with Gasteiger partial charge in [-0.2, -0.15) is 5.26 Å². The number of nitriles is 1. The Morgan fingerprint density at radius 1 is 1.53 bits per heavy atom. The van der Waals surface area contributed by atoms with Crippen molar-refractivity contribution in [1.82, 2.24) is 19.7 Å². The molecule has 96 valence electrons. The van der Waals surface area contributed by atoms with E-state index in [0.717, 1.165) is 30.5 Å². The van der Waals surface area contributed by atoms with Crippen LogP contribution in [-0.2, 0) is 19.9 Å². The predicted molar refractivity (Wildman–Crippen MR) is 68.9 cm³/mol. The third-order valence-electron chi connectivity index (χ3n) is 3.16. The number of fused-ring (bicyclic) bond motifs is 1. The second-order valence-corrected chi connectivity index (χ2v) is 5.34. The second-order valence-electron chi connectivity index (χ2n) is 4.38. The van der Waals surface area contributed by atoms with Crippen LogP contribution >= 0.6 is 11.8 Å². The molecular formula is C12H11N5OS. The lowest BCUT2D eigenvalue weighted by Gasteiger charge is -2.05. The summed E-state index contributed by atoms with van der Waals surface area (Å²) in [5.41, 5.74) is 2.49. The first-order valence-electron chi connectivity index (χ1n) is 5.91. The number of aromatic nitrogens is 4. The molecule has 0 aliphatic heterocycles. The first-order chi connectivity index (χ1) is 9.19. The maximum atomic E-state index is 11.3. The minimum atomic E-state index is -0.276. The monoisotopic (exact) mass is 273 g/mol. The lowest BCUT2D eigenvalue weighted by molar-refractivity contribution is 0.764. The molecule has 1 N–H and O–H groups in total. The molecule has 2 aromatic rings. The molecule has 0 aromatic carbocycles. The Labute approximate surface area is 113 Å². The number of hydrogen-bond donors (Lipinski definition) is 1. The van der Waals surface area contributed by atoms with Gasteiger partial charge in [0.05, 0.1) is 5.56 Å². The summed E-state index contributed by atoms with van der Waals surface area (Å²) in [6.07, 6.45) is 3.03. The maximum Gasteiger partial charge on any atom is 0.343 e. The van der Waals surface area contributed by atoms with Gasteiger partial charge in [-0.3, -0.25) is 4.57 Å². The van der Waals surface area contributed by atoms with Gasteiger partial charge in [-0.25, -0.2) is 14.9 Å². The minimum Gasteiger partial charge on any atom is -0.273 e. The summed E-state index contributed by atoms with van der Waals surface area (Å²) in [6, 6.07) is 4.07. The molecule has 0 bridgehead atoms. The zero-order valence-corrected chi connectivity index (χ0v) is 11.1. The third-order valence-corrected chi connectivity index (χ3v) is 4.22. The van der Waals surface area contributed by atoms with Gasteiger partial charge >= 0.3 is 5.69 Å². The van der Waals surface area contributed by atoms with Crippen LogP contribution in [0.15, 0.2) is 21.0 Å². The van der Waals surface area contributed by atoms with Crippen LogP contribution in [0.5, 0.6) is 0 Å². The van der Waals surface area contributed by atoms with E-state index < -0.39 is 0 Å². The van der Waals surface area contributed by atoms with Gasteiger partial charge in [0.2, 0.25) is 0 Å².